The molecule has 3 aliphatic rings. The molecule has 0 spiro atoms. The van der Waals surface area contributed by atoms with Crippen LogP contribution in [0.15, 0.2) is 54.7 Å². The van der Waals surface area contributed by atoms with Crippen molar-refractivity contribution in [2.75, 3.05) is 27.3 Å². The molecule has 6 bridgehead atoms. The van der Waals surface area contributed by atoms with Gasteiger partial charge in [-0.3, -0.25) is 29.2 Å². The number of ether oxygens (including phenoxy) is 2. The normalized spacial score (nSPS) is 22.7. The fourth-order valence-electron chi connectivity index (χ4n) is 9.92. The van der Waals surface area contributed by atoms with Crippen molar-refractivity contribution in [1.29, 1.82) is 0 Å². The first-order valence-electron chi connectivity index (χ1n) is 22.5. The van der Waals surface area contributed by atoms with Crippen LogP contribution in [-0.4, -0.2) is 99.7 Å². The Kier molecular flexibility index (Phi) is 13.6. The van der Waals surface area contributed by atoms with Gasteiger partial charge in [0.25, 0.3) is 5.91 Å². The number of esters is 1. The fourth-order valence-corrected chi connectivity index (χ4v) is 9.92. The van der Waals surface area contributed by atoms with Crippen molar-refractivity contribution in [3.63, 3.8) is 0 Å². The number of amides is 3. The van der Waals surface area contributed by atoms with Crippen LogP contribution in [0.2, 0.25) is 0 Å². The van der Waals surface area contributed by atoms with Crippen LogP contribution in [0.25, 0.3) is 33.3 Å². The van der Waals surface area contributed by atoms with E-state index in [0.717, 1.165) is 51.0 Å². The lowest BCUT2D eigenvalue weighted by Crippen LogP contribution is -2.62. The zero-order chi connectivity index (χ0) is 45.3. The molecule has 63 heavy (non-hydrogen) atoms. The lowest BCUT2D eigenvalue weighted by molar-refractivity contribution is -0.155. The molecule has 6 atom stereocenters. The molecule has 0 radical (unpaired) electrons. The molecule has 5 N–H and O–H groups in total. The van der Waals surface area contributed by atoms with Gasteiger partial charge in [-0.25, -0.2) is 5.43 Å². The van der Waals surface area contributed by atoms with Crippen LogP contribution < -0.4 is 16.5 Å². The van der Waals surface area contributed by atoms with E-state index in [1.54, 1.807) is 32.5 Å². The van der Waals surface area contributed by atoms with Crippen LogP contribution >= 0.6 is 0 Å². The number of benzene rings is 2. The maximum atomic E-state index is 14.6. The van der Waals surface area contributed by atoms with E-state index in [4.69, 9.17) is 20.2 Å². The Bertz CT molecular complexity index is 2360. The number of phenolic OH excluding ortho intramolecular Hbond substituents is 1. The van der Waals surface area contributed by atoms with Gasteiger partial charge in [0.15, 0.2) is 0 Å². The quantitative estimate of drug-likeness (QED) is 0.145. The number of nitrogens with one attached hydrogen (secondary N) is 2. The topological polar surface area (TPSA) is 181 Å². The van der Waals surface area contributed by atoms with Crippen LogP contribution in [0.1, 0.15) is 96.6 Å². The third-order valence-corrected chi connectivity index (χ3v) is 13.2. The van der Waals surface area contributed by atoms with Gasteiger partial charge in [0, 0.05) is 73.7 Å². The predicted molar refractivity (Wildman–Crippen MR) is 242 cm³/mol. The van der Waals surface area contributed by atoms with Crippen molar-refractivity contribution in [1.82, 2.24) is 30.2 Å². The van der Waals surface area contributed by atoms with Gasteiger partial charge in [-0.1, -0.05) is 39.8 Å². The van der Waals surface area contributed by atoms with Crippen molar-refractivity contribution in [3.8, 4) is 28.1 Å². The molecule has 1 aliphatic carbocycles. The molecule has 4 heterocycles. The maximum absolute atomic E-state index is 14.6. The number of likely N-dealkylation sites (N-methyl/N-ethyl adjacent to an activating group) is 1. The number of hydrogen-bond donors (Lipinski definition) is 4. The van der Waals surface area contributed by atoms with E-state index in [1.165, 1.54) is 9.91 Å². The zero-order valence-electron chi connectivity index (χ0n) is 38.1. The first-order chi connectivity index (χ1) is 30.0. The number of nitrogens with zero attached hydrogens (tertiary/aromatic N) is 4. The van der Waals surface area contributed by atoms with Crippen LogP contribution in [0.5, 0.6) is 5.75 Å². The van der Waals surface area contributed by atoms with Gasteiger partial charge in [-0.2, -0.15) is 0 Å². The number of cyclic esters (lactones) is 1. The maximum Gasteiger partial charge on any atom is 0.324 e. The monoisotopic (exact) mass is 863 g/mol. The molecule has 1 saturated heterocycles. The van der Waals surface area contributed by atoms with Gasteiger partial charge in [0.05, 0.1) is 24.1 Å². The number of phenols is 1. The number of carbonyl (C=O) groups excluding carboxylic acids is 4. The SMILES string of the molecule is CCn1c(-c2cccnc2[C@H](C)OC)c2c3cc(ccc31)-c1cc(O)cc(c1)C[C@H](NC(=O)[C@H](C(C)C)N(C)C(=O)[C@@H]1CC[C@@H](N)C1)C(=O)N1CCC[C@H](N1)C(=O)OCC(C)(C)C2. The zero-order valence-corrected chi connectivity index (χ0v) is 38.1. The highest BCUT2D eigenvalue weighted by molar-refractivity contribution is 5.96. The first kappa shape index (κ1) is 45.7. The molecule has 2 aliphatic heterocycles. The molecule has 338 valence electrons. The van der Waals surface area contributed by atoms with E-state index in [0.29, 0.717) is 50.8 Å². The van der Waals surface area contributed by atoms with Gasteiger partial charge < -0.3 is 35.1 Å². The number of rotatable bonds is 9. The Morgan fingerprint density at radius 1 is 1.10 bits per heavy atom. The lowest BCUT2D eigenvalue weighted by atomic mass is 9.84. The van der Waals surface area contributed by atoms with Gasteiger partial charge >= 0.3 is 5.97 Å². The molecule has 4 aromatic rings. The number of aromatic nitrogens is 2. The van der Waals surface area contributed by atoms with Gasteiger partial charge in [0.1, 0.15) is 23.9 Å². The summed E-state index contributed by atoms with van der Waals surface area (Å²) in [7, 11) is 3.32. The minimum Gasteiger partial charge on any atom is -0.508 e. The number of aromatic hydroxyl groups is 1. The van der Waals surface area contributed by atoms with Crippen molar-refractivity contribution < 1.29 is 33.8 Å². The summed E-state index contributed by atoms with van der Waals surface area (Å²) in [5.41, 5.74) is 15.8. The molecule has 1 saturated carbocycles. The minimum atomic E-state index is -1.12. The summed E-state index contributed by atoms with van der Waals surface area (Å²) in [5.74, 6) is -2.05. The minimum absolute atomic E-state index is 0.00956. The Morgan fingerprint density at radius 3 is 2.57 bits per heavy atom. The summed E-state index contributed by atoms with van der Waals surface area (Å²) in [5, 5.41) is 16.7. The largest absolute Gasteiger partial charge is 0.508 e. The molecular weight excluding hydrogens is 799 g/mol. The van der Waals surface area contributed by atoms with Crippen LogP contribution in [-0.2, 0) is 48.0 Å². The van der Waals surface area contributed by atoms with Crippen LogP contribution in [0, 0.1) is 17.3 Å². The standard InChI is InChI=1S/C49H65N7O7/c1-9-55-41-17-15-31-25-37(41)38(44(55)36-12-10-18-51-42(36)29(4)62-8)26-49(5,6)27-63-48(61)39-13-11-19-56(53-39)47(60)40(22-30-20-33(31)24-35(57)21-30)52-45(58)43(28(2)3)54(7)46(59)32-14-16-34(50)23-32/h10,12,15,17-18,20-21,24-25,28-29,32,34,39-40,43,53,57H,9,11,13-14,16,19,22-23,26-27,50H2,1-8H3,(H,52,58)/t29-,32+,34+,39-,40-,43-/m0/s1. The number of pyridine rings is 1. The van der Waals surface area contributed by atoms with E-state index in [1.807, 2.05) is 39.0 Å². The summed E-state index contributed by atoms with van der Waals surface area (Å²) in [4.78, 5) is 62.9. The summed E-state index contributed by atoms with van der Waals surface area (Å²) in [6.45, 7) is 13.1. The Morgan fingerprint density at radius 2 is 1.87 bits per heavy atom. The van der Waals surface area contributed by atoms with Crippen LogP contribution in [0.3, 0.4) is 0 Å². The van der Waals surface area contributed by atoms with E-state index < -0.39 is 41.3 Å². The Labute approximate surface area is 370 Å². The van der Waals surface area contributed by atoms with E-state index in [-0.39, 0.29) is 48.7 Å². The summed E-state index contributed by atoms with van der Waals surface area (Å²) in [6.07, 6.45) is 5.06. The molecule has 3 amide bonds. The second kappa shape index (κ2) is 18.8. The summed E-state index contributed by atoms with van der Waals surface area (Å²) >= 11 is 0. The molecular formula is C49H65N7O7. The summed E-state index contributed by atoms with van der Waals surface area (Å²) < 4.78 is 14.2. The van der Waals surface area contributed by atoms with Crippen LogP contribution in [0.4, 0.5) is 0 Å². The molecule has 7 rings (SSSR count). The molecule has 14 heteroatoms. The van der Waals surface area contributed by atoms with Crippen molar-refractivity contribution >= 4 is 34.6 Å². The molecule has 14 nitrogen and oxygen atoms in total. The molecule has 2 aromatic heterocycles. The number of carbonyl (C=O) groups is 4. The van der Waals surface area contributed by atoms with Gasteiger partial charge in [-0.05, 0) is 117 Å². The van der Waals surface area contributed by atoms with E-state index in [2.05, 4.69) is 54.3 Å². The first-order valence-corrected chi connectivity index (χ1v) is 22.5. The highest BCUT2D eigenvalue weighted by Crippen LogP contribution is 2.42. The molecule has 2 fully saturated rings. The third-order valence-electron chi connectivity index (χ3n) is 13.2. The highest BCUT2D eigenvalue weighted by atomic mass is 16.5. The average Bonchev–Trinajstić information content (AvgIpc) is 3.83. The number of aryl methyl sites for hydroxylation is 1. The second-order valence-electron chi connectivity index (χ2n) is 18.9. The van der Waals surface area contributed by atoms with Gasteiger partial charge in [-0.15, -0.1) is 0 Å². The number of hydrogen-bond acceptors (Lipinski definition) is 10. The fraction of sp³-hybridized carbons (Fsp3) is 0.531. The smallest absolute Gasteiger partial charge is 0.324 e. The molecule has 2 aromatic carbocycles. The predicted octanol–water partition coefficient (Wildman–Crippen LogP) is 6.06. The number of nitrogens with two attached hydrogens (primary N) is 1. The number of methoxy groups -OCH3 is 1. The Balaban J connectivity index is 1.34. The van der Waals surface area contributed by atoms with E-state index >= 15 is 0 Å². The molecule has 0 unspecified atom stereocenters. The second-order valence-corrected chi connectivity index (χ2v) is 18.9. The van der Waals surface area contributed by atoms with Crippen molar-refractivity contribution in [2.45, 2.75) is 123 Å². The number of fused-ring (bicyclic) bond motifs is 6. The number of hydrazine groups is 1. The van der Waals surface area contributed by atoms with Crippen molar-refractivity contribution in [3.05, 3.63) is 71.5 Å². The highest BCUT2D eigenvalue weighted by Gasteiger charge is 2.40. The van der Waals surface area contributed by atoms with Crippen molar-refractivity contribution in [2.24, 2.45) is 23.0 Å². The Hall–Kier alpha value is -5.31. The van der Waals surface area contributed by atoms with E-state index in [9.17, 15) is 24.3 Å². The van der Waals surface area contributed by atoms with Gasteiger partial charge in [0.2, 0.25) is 11.8 Å². The third kappa shape index (κ3) is 9.63. The summed E-state index contributed by atoms with van der Waals surface area (Å²) in [6, 6.07) is 12.7. The lowest BCUT2D eigenvalue weighted by Gasteiger charge is -2.37. The average molecular weight is 864 g/mol.